The second-order valence-corrected chi connectivity index (χ2v) is 5.08. The third-order valence-electron chi connectivity index (χ3n) is 3.12. The Balaban J connectivity index is 2.28. The minimum absolute atomic E-state index is 0.381. The van der Waals surface area contributed by atoms with E-state index in [1.807, 2.05) is 31.2 Å². The van der Waals surface area contributed by atoms with E-state index in [0.29, 0.717) is 16.3 Å². The average molecular weight is 306 g/mol. The molecule has 0 saturated carbocycles. The van der Waals surface area contributed by atoms with Crippen LogP contribution < -0.4 is 10.1 Å². The number of aryl methyl sites for hydroxylation is 1. The van der Waals surface area contributed by atoms with E-state index in [-0.39, 0.29) is 0 Å². The molecule has 0 saturated heterocycles. The van der Waals surface area contributed by atoms with Gasteiger partial charge in [0.2, 0.25) is 0 Å². The molecule has 2 rings (SSSR count). The summed E-state index contributed by atoms with van der Waals surface area (Å²) in [6.07, 6.45) is 0. The summed E-state index contributed by atoms with van der Waals surface area (Å²) in [5, 5.41) is 12.8. The second kappa shape index (κ2) is 6.50. The minimum Gasteiger partial charge on any atom is -0.495 e. The second-order valence-electron chi connectivity index (χ2n) is 4.68. The molecular weight excluding hydrogens is 290 g/mol. The van der Waals surface area contributed by atoms with Crippen LogP contribution in [0.5, 0.6) is 5.75 Å². The first-order chi connectivity index (χ1) is 10.0. The first-order valence-corrected chi connectivity index (χ1v) is 6.78. The molecule has 4 nitrogen and oxygen atoms in total. The van der Waals surface area contributed by atoms with Gasteiger partial charge in [0.25, 0.3) is 0 Å². The SMILES string of the molecule is COc1ccc(C(Nc2ccc(C)cc2)C(=O)O)cc1Cl. The standard InChI is InChI=1S/C16H16ClNO3/c1-10-3-6-12(7-4-10)18-15(16(19)20)11-5-8-14(21-2)13(17)9-11/h3-9,15,18H,1-2H3,(H,19,20). The number of carboxylic acid groups (broad SMARTS) is 1. The van der Waals surface area contributed by atoms with Crippen molar-refractivity contribution >= 4 is 23.3 Å². The quantitative estimate of drug-likeness (QED) is 0.879. The van der Waals surface area contributed by atoms with E-state index in [9.17, 15) is 9.90 Å². The molecule has 0 fully saturated rings. The van der Waals surface area contributed by atoms with Crippen molar-refractivity contribution in [3.8, 4) is 5.75 Å². The Bertz CT molecular complexity index is 640. The molecule has 2 aromatic carbocycles. The van der Waals surface area contributed by atoms with Crippen molar-refractivity contribution in [3.05, 3.63) is 58.6 Å². The highest BCUT2D eigenvalue weighted by molar-refractivity contribution is 6.32. The molecular formula is C16H16ClNO3. The molecule has 1 unspecified atom stereocenters. The van der Waals surface area contributed by atoms with Gasteiger partial charge in [-0.05, 0) is 36.8 Å². The first kappa shape index (κ1) is 15.2. The Morgan fingerprint density at radius 3 is 2.43 bits per heavy atom. The molecule has 0 aliphatic carbocycles. The smallest absolute Gasteiger partial charge is 0.330 e. The monoisotopic (exact) mass is 305 g/mol. The molecule has 2 N–H and O–H groups in total. The van der Waals surface area contributed by atoms with E-state index >= 15 is 0 Å². The number of carboxylic acids is 1. The van der Waals surface area contributed by atoms with Gasteiger partial charge < -0.3 is 15.2 Å². The van der Waals surface area contributed by atoms with E-state index < -0.39 is 12.0 Å². The topological polar surface area (TPSA) is 58.6 Å². The fourth-order valence-electron chi connectivity index (χ4n) is 1.97. The number of hydrogen-bond acceptors (Lipinski definition) is 3. The van der Waals surface area contributed by atoms with Gasteiger partial charge in [0.05, 0.1) is 12.1 Å². The van der Waals surface area contributed by atoms with Gasteiger partial charge in [-0.1, -0.05) is 35.4 Å². The Morgan fingerprint density at radius 1 is 1.24 bits per heavy atom. The summed E-state index contributed by atoms with van der Waals surface area (Å²) >= 11 is 6.06. The molecule has 110 valence electrons. The molecule has 1 atom stereocenters. The lowest BCUT2D eigenvalue weighted by Crippen LogP contribution is -2.20. The maximum Gasteiger partial charge on any atom is 0.330 e. The van der Waals surface area contributed by atoms with Gasteiger partial charge in [0.15, 0.2) is 6.04 Å². The van der Waals surface area contributed by atoms with Gasteiger partial charge in [-0.15, -0.1) is 0 Å². The summed E-state index contributed by atoms with van der Waals surface area (Å²) in [4.78, 5) is 11.5. The number of aliphatic carboxylic acids is 1. The summed E-state index contributed by atoms with van der Waals surface area (Å²) < 4.78 is 5.07. The lowest BCUT2D eigenvalue weighted by atomic mass is 10.1. The van der Waals surface area contributed by atoms with Crippen molar-refractivity contribution in [3.63, 3.8) is 0 Å². The number of carbonyl (C=O) groups is 1. The van der Waals surface area contributed by atoms with Crippen LogP contribution in [-0.2, 0) is 4.79 Å². The highest BCUT2D eigenvalue weighted by Gasteiger charge is 2.20. The van der Waals surface area contributed by atoms with Crippen LogP contribution in [0.15, 0.2) is 42.5 Å². The van der Waals surface area contributed by atoms with Gasteiger partial charge in [-0.2, -0.15) is 0 Å². The molecule has 5 heteroatoms. The van der Waals surface area contributed by atoms with Gasteiger partial charge in [-0.3, -0.25) is 0 Å². The number of benzene rings is 2. The molecule has 0 spiro atoms. The van der Waals surface area contributed by atoms with Crippen LogP contribution in [0.4, 0.5) is 5.69 Å². The van der Waals surface area contributed by atoms with E-state index in [1.165, 1.54) is 7.11 Å². The van der Waals surface area contributed by atoms with Crippen molar-refractivity contribution in [2.75, 3.05) is 12.4 Å². The Hall–Kier alpha value is -2.20. The number of methoxy groups -OCH3 is 1. The fraction of sp³-hybridized carbons (Fsp3) is 0.188. The van der Waals surface area contributed by atoms with E-state index in [2.05, 4.69) is 5.32 Å². The highest BCUT2D eigenvalue weighted by atomic mass is 35.5. The Morgan fingerprint density at radius 2 is 1.90 bits per heavy atom. The summed E-state index contributed by atoms with van der Waals surface area (Å²) in [6.45, 7) is 1.97. The molecule has 0 aliphatic rings. The maximum absolute atomic E-state index is 11.5. The van der Waals surface area contributed by atoms with Crippen LogP contribution in [0.1, 0.15) is 17.2 Å². The summed E-state index contributed by atoms with van der Waals surface area (Å²) in [6, 6.07) is 11.6. The van der Waals surface area contributed by atoms with Gasteiger partial charge in [0, 0.05) is 5.69 Å². The molecule has 0 bridgehead atoms. The molecule has 0 aromatic heterocycles. The third-order valence-corrected chi connectivity index (χ3v) is 3.41. The summed E-state index contributed by atoms with van der Waals surface area (Å²) in [7, 11) is 1.51. The predicted octanol–water partition coefficient (Wildman–Crippen LogP) is 3.89. The average Bonchev–Trinajstić information content (AvgIpc) is 2.46. The van der Waals surface area contributed by atoms with Gasteiger partial charge in [-0.25, -0.2) is 4.79 Å². The zero-order valence-corrected chi connectivity index (χ0v) is 12.5. The number of hydrogen-bond donors (Lipinski definition) is 2. The predicted molar refractivity (Wildman–Crippen MR) is 83.2 cm³/mol. The molecule has 0 radical (unpaired) electrons. The molecule has 0 amide bonds. The van der Waals surface area contributed by atoms with Crippen LogP contribution in [0, 0.1) is 6.92 Å². The van der Waals surface area contributed by atoms with Crippen LogP contribution in [0.25, 0.3) is 0 Å². The van der Waals surface area contributed by atoms with Crippen LogP contribution >= 0.6 is 11.6 Å². The highest BCUT2D eigenvalue weighted by Crippen LogP contribution is 2.29. The van der Waals surface area contributed by atoms with Gasteiger partial charge >= 0.3 is 5.97 Å². The van der Waals surface area contributed by atoms with E-state index in [4.69, 9.17) is 16.3 Å². The molecule has 0 heterocycles. The lowest BCUT2D eigenvalue weighted by molar-refractivity contribution is -0.138. The third kappa shape index (κ3) is 3.67. The lowest BCUT2D eigenvalue weighted by Gasteiger charge is -2.17. The zero-order valence-electron chi connectivity index (χ0n) is 11.8. The minimum atomic E-state index is -0.975. The number of nitrogens with one attached hydrogen (secondary N) is 1. The summed E-state index contributed by atoms with van der Waals surface area (Å²) in [5.74, 6) is -0.461. The normalized spacial score (nSPS) is 11.8. The van der Waals surface area contributed by atoms with Gasteiger partial charge in [0.1, 0.15) is 5.75 Å². The van der Waals surface area contributed by atoms with Crippen molar-refractivity contribution in [2.24, 2.45) is 0 Å². The van der Waals surface area contributed by atoms with Crippen LogP contribution in [-0.4, -0.2) is 18.2 Å². The number of ether oxygens (including phenoxy) is 1. The van der Waals surface area contributed by atoms with Crippen LogP contribution in [0.2, 0.25) is 5.02 Å². The van der Waals surface area contributed by atoms with Crippen molar-refractivity contribution in [1.29, 1.82) is 0 Å². The number of anilines is 1. The largest absolute Gasteiger partial charge is 0.495 e. The van der Waals surface area contributed by atoms with Crippen molar-refractivity contribution in [1.82, 2.24) is 0 Å². The van der Waals surface area contributed by atoms with E-state index in [1.54, 1.807) is 18.2 Å². The maximum atomic E-state index is 11.5. The van der Waals surface area contributed by atoms with Crippen LogP contribution in [0.3, 0.4) is 0 Å². The van der Waals surface area contributed by atoms with Crippen molar-refractivity contribution < 1.29 is 14.6 Å². The molecule has 21 heavy (non-hydrogen) atoms. The number of halogens is 1. The molecule has 2 aromatic rings. The summed E-state index contributed by atoms with van der Waals surface area (Å²) in [5.41, 5.74) is 2.41. The zero-order chi connectivity index (χ0) is 15.4. The molecule has 0 aliphatic heterocycles. The number of rotatable bonds is 5. The Kier molecular flexibility index (Phi) is 4.70. The first-order valence-electron chi connectivity index (χ1n) is 6.40. The van der Waals surface area contributed by atoms with Crippen molar-refractivity contribution in [2.45, 2.75) is 13.0 Å². The fourth-order valence-corrected chi connectivity index (χ4v) is 2.23. The van der Waals surface area contributed by atoms with E-state index in [0.717, 1.165) is 11.3 Å². The Labute approximate surface area is 128 Å².